The Morgan fingerprint density at radius 3 is 2.40 bits per heavy atom. The van der Waals surface area contributed by atoms with Gasteiger partial charge in [0.25, 0.3) is 5.56 Å². The number of fused-ring (bicyclic) bond motifs is 3. The summed E-state index contributed by atoms with van der Waals surface area (Å²) in [5.74, 6) is -0.831. The van der Waals surface area contributed by atoms with Crippen LogP contribution in [0.15, 0.2) is 95.9 Å². The van der Waals surface area contributed by atoms with Gasteiger partial charge in [-0.2, -0.15) is 8.78 Å². The van der Waals surface area contributed by atoms with Crippen molar-refractivity contribution in [2.24, 2.45) is 0 Å². The maximum Gasteiger partial charge on any atom is 0.387 e. The van der Waals surface area contributed by atoms with Crippen LogP contribution >= 0.6 is 11.6 Å². The molecule has 1 aromatic heterocycles. The van der Waals surface area contributed by atoms with Crippen molar-refractivity contribution in [2.45, 2.75) is 38.8 Å². The molecule has 2 N–H and O–H groups in total. The lowest BCUT2D eigenvalue weighted by Crippen LogP contribution is -2.25. The molecule has 6 rings (SSSR count). The molecule has 0 bridgehead atoms. The predicted molar refractivity (Wildman–Crippen MR) is 179 cm³/mol. The first-order chi connectivity index (χ1) is 22.7. The van der Waals surface area contributed by atoms with E-state index in [0.717, 1.165) is 40.0 Å². The first-order valence-electron chi connectivity index (χ1n) is 15.0. The summed E-state index contributed by atoms with van der Waals surface area (Å²) in [6, 6.07) is 24.3. The summed E-state index contributed by atoms with van der Waals surface area (Å²) in [4.78, 5) is 25.2. The Hall–Kier alpha value is -5.15. The van der Waals surface area contributed by atoms with Gasteiger partial charge in [0.15, 0.2) is 0 Å². The van der Waals surface area contributed by atoms with Gasteiger partial charge < -0.3 is 24.5 Å². The molecule has 47 heavy (non-hydrogen) atoms. The van der Waals surface area contributed by atoms with E-state index in [9.17, 15) is 23.5 Å². The highest BCUT2D eigenvalue weighted by Crippen LogP contribution is 2.44. The molecule has 1 aliphatic rings. The lowest BCUT2D eigenvalue weighted by molar-refractivity contribution is -0.0494. The molecule has 240 valence electrons. The molecule has 1 atom stereocenters. The van der Waals surface area contributed by atoms with Gasteiger partial charge in [-0.15, -0.1) is 0 Å². The van der Waals surface area contributed by atoms with Crippen molar-refractivity contribution >= 4 is 28.9 Å². The van der Waals surface area contributed by atoms with Crippen LogP contribution < -0.4 is 20.3 Å². The number of hydrogen-bond donors (Lipinski definition) is 2. The average Bonchev–Trinajstić information content (AvgIpc) is 3.44. The molecule has 4 aromatic carbocycles. The zero-order valence-electron chi connectivity index (χ0n) is 25.6. The number of anilines is 2. The quantitative estimate of drug-likeness (QED) is 0.145. The number of halogens is 3. The highest BCUT2D eigenvalue weighted by Gasteiger charge is 2.26. The molecule has 1 aliphatic carbocycles. The summed E-state index contributed by atoms with van der Waals surface area (Å²) in [7, 11) is 1.45. The van der Waals surface area contributed by atoms with E-state index in [2.05, 4.69) is 29.6 Å². The van der Waals surface area contributed by atoms with Crippen LogP contribution in [-0.2, 0) is 12.8 Å². The number of nitrogens with zero attached hydrogens (tertiary/aromatic N) is 1. The molecule has 0 radical (unpaired) electrons. The SMILES string of the molecule is CCC(Cc1ccc2c(c1Nc1ccc(C(=O)O)cc1)Cc1ccccc1-2)n1cc(OC)c(-c2cc(Cl)ccc2OC(F)F)cc1=O. The van der Waals surface area contributed by atoms with Crippen molar-refractivity contribution in [1.29, 1.82) is 0 Å². The summed E-state index contributed by atoms with van der Waals surface area (Å²) in [5.41, 5.74) is 7.57. The summed E-state index contributed by atoms with van der Waals surface area (Å²) < 4.78 is 38.4. The van der Waals surface area contributed by atoms with Crippen LogP contribution in [0.5, 0.6) is 11.5 Å². The van der Waals surface area contributed by atoms with Crippen molar-refractivity contribution < 1.29 is 28.2 Å². The predicted octanol–water partition coefficient (Wildman–Crippen LogP) is 8.99. The van der Waals surface area contributed by atoms with Crippen molar-refractivity contribution in [3.8, 4) is 33.8 Å². The second kappa shape index (κ2) is 13.3. The number of ether oxygens (including phenoxy) is 2. The maximum atomic E-state index is 13.7. The molecule has 7 nitrogen and oxygen atoms in total. The fraction of sp³-hybridized carbons (Fsp3) is 0.189. The maximum absolute atomic E-state index is 13.7. The highest BCUT2D eigenvalue weighted by molar-refractivity contribution is 6.31. The third kappa shape index (κ3) is 6.44. The van der Waals surface area contributed by atoms with E-state index >= 15 is 0 Å². The minimum absolute atomic E-state index is 0.127. The lowest BCUT2D eigenvalue weighted by atomic mass is 9.95. The van der Waals surface area contributed by atoms with E-state index in [1.807, 2.05) is 19.1 Å². The Kier molecular flexibility index (Phi) is 9.00. The van der Waals surface area contributed by atoms with Crippen LogP contribution in [-0.4, -0.2) is 29.4 Å². The fourth-order valence-electron chi connectivity index (χ4n) is 6.22. The monoisotopic (exact) mass is 656 g/mol. The van der Waals surface area contributed by atoms with E-state index in [0.29, 0.717) is 18.6 Å². The van der Waals surface area contributed by atoms with E-state index in [-0.39, 0.29) is 39.1 Å². The summed E-state index contributed by atoms with van der Waals surface area (Å²) in [6.07, 6.45) is 3.40. The molecule has 0 saturated carbocycles. The number of carboxylic acids is 1. The number of hydrogen-bond acceptors (Lipinski definition) is 5. The van der Waals surface area contributed by atoms with E-state index < -0.39 is 12.6 Å². The Balaban J connectivity index is 1.40. The first kappa shape index (κ1) is 31.8. The molecule has 0 saturated heterocycles. The lowest BCUT2D eigenvalue weighted by Gasteiger charge is -2.24. The van der Waals surface area contributed by atoms with Crippen molar-refractivity contribution in [2.75, 3.05) is 12.4 Å². The van der Waals surface area contributed by atoms with Crippen LogP contribution in [0.3, 0.4) is 0 Å². The largest absolute Gasteiger partial charge is 0.495 e. The number of aromatic nitrogens is 1. The van der Waals surface area contributed by atoms with Gasteiger partial charge in [-0.05, 0) is 83.1 Å². The van der Waals surface area contributed by atoms with E-state index in [4.69, 9.17) is 21.1 Å². The number of carbonyl (C=O) groups is 1. The van der Waals surface area contributed by atoms with Gasteiger partial charge in [0.1, 0.15) is 11.5 Å². The van der Waals surface area contributed by atoms with Crippen molar-refractivity contribution in [3.05, 3.63) is 129 Å². The number of pyridine rings is 1. The topological polar surface area (TPSA) is 89.8 Å². The number of alkyl halides is 2. The Bertz CT molecular complexity index is 2030. The van der Waals surface area contributed by atoms with Gasteiger partial charge in [-0.3, -0.25) is 4.79 Å². The van der Waals surface area contributed by atoms with Gasteiger partial charge in [-0.25, -0.2) is 4.79 Å². The number of rotatable bonds is 11. The standard InChI is InChI=1S/C37H31ClF2N2O5/c1-3-26(42-20-33(46-2)30(19-34(42)43)29-18-24(38)11-15-32(29)47-37(39)40)16-23-10-14-28-27-7-5-4-6-22(27)17-31(28)35(23)41-25-12-8-21(9-13-25)36(44)45/h4-15,18-20,26,37,41H,3,16-17H2,1-2H3,(H,44,45). The summed E-state index contributed by atoms with van der Waals surface area (Å²) in [5, 5.41) is 13.2. The highest BCUT2D eigenvalue weighted by atomic mass is 35.5. The van der Waals surface area contributed by atoms with Crippen molar-refractivity contribution in [1.82, 2.24) is 4.57 Å². The number of nitrogens with one attached hydrogen (secondary N) is 1. The Labute approximate surface area is 275 Å². The Morgan fingerprint density at radius 1 is 0.957 bits per heavy atom. The van der Waals surface area contributed by atoms with Gasteiger partial charge in [0.2, 0.25) is 0 Å². The second-order valence-corrected chi connectivity index (χ2v) is 11.7. The zero-order chi connectivity index (χ0) is 33.2. The molecule has 0 aliphatic heterocycles. The third-order valence-electron chi connectivity index (χ3n) is 8.51. The van der Waals surface area contributed by atoms with Crippen LogP contribution in [0.2, 0.25) is 5.02 Å². The Morgan fingerprint density at radius 2 is 1.70 bits per heavy atom. The average molecular weight is 657 g/mol. The molecule has 1 heterocycles. The fourth-order valence-corrected chi connectivity index (χ4v) is 6.39. The van der Waals surface area contributed by atoms with Crippen LogP contribution in [0.1, 0.15) is 46.4 Å². The molecular weight excluding hydrogens is 626 g/mol. The minimum Gasteiger partial charge on any atom is -0.495 e. The normalized spacial score (nSPS) is 12.4. The van der Waals surface area contributed by atoms with Gasteiger partial charge in [0, 0.05) is 46.1 Å². The van der Waals surface area contributed by atoms with Crippen LogP contribution in [0.25, 0.3) is 22.3 Å². The first-order valence-corrected chi connectivity index (χ1v) is 15.4. The van der Waals surface area contributed by atoms with Gasteiger partial charge >= 0.3 is 12.6 Å². The zero-order valence-corrected chi connectivity index (χ0v) is 26.4. The molecule has 1 unspecified atom stereocenters. The molecule has 0 fully saturated rings. The number of aromatic carboxylic acids is 1. The molecule has 0 amide bonds. The summed E-state index contributed by atoms with van der Waals surface area (Å²) >= 11 is 6.20. The smallest absolute Gasteiger partial charge is 0.387 e. The minimum atomic E-state index is -3.07. The van der Waals surface area contributed by atoms with Crippen molar-refractivity contribution in [3.63, 3.8) is 0 Å². The van der Waals surface area contributed by atoms with E-state index in [1.54, 1.807) is 35.0 Å². The van der Waals surface area contributed by atoms with Gasteiger partial charge in [-0.1, -0.05) is 54.9 Å². The van der Waals surface area contributed by atoms with Crippen LogP contribution in [0, 0.1) is 0 Å². The molecule has 5 aromatic rings. The number of carboxylic acid groups (broad SMARTS) is 1. The molecule has 0 spiro atoms. The summed E-state index contributed by atoms with van der Waals surface area (Å²) in [6.45, 7) is -1.08. The number of benzene rings is 4. The second-order valence-electron chi connectivity index (χ2n) is 11.3. The number of methoxy groups -OCH3 is 1. The van der Waals surface area contributed by atoms with Crippen LogP contribution in [0.4, 0.5) is 20.2 Å². The molecular formula is C37H31ClF2N2O5. The third-order valence-corrected chi connectivity index (χ3v) is 8.74. The van der Waals surface area contributed by atoms with Gasteiger partial charge in [0.05, 0.1) is 18.9 Å². The molecule has 10 heteroatoms. The van der Waals surface area contributed by atoms with E-state index in [1.165, 1.54) is 36.9 Å².